The number of nitrogens with one attached hydrogen (secondary N) is 1. The molecule has 0 heterocycles. The number of benzene rings is 1. The van der Waals surface area contributed by atoms with E-state index in [-0.39, 0.29) is 18.6 Å². The first-order chi connectivity index (χ1) is 11.8. The third-order valence-corrected chi connectivity index (χ3v) is 5.86. The first-order valence-corrected chi connectivity index (χ1v) is 9.48. The molecule has 0 saturated heterocycles. The highest BCUT2D eigenvalue weighted by Crippen LogP contribution is 2.44. The predicted octanol–water partition coefficient (Wildman–Crippen LogP) is 2.27. The second kappa shape index (κ2) is 6.85. The Morgan fingerprint density at radius 3 is 2.54 bits per heavy atom. The molecule has 0 aliphatic heterocycles. The van der Waals surface area contributed by atoms with Crippen LogP contribution >= 0.6 is 0 Å². The molecule has 130 valence electrons. The molecule has 3 aliphatic carbocycles. The highest BCUT2D eigenvalue weighted by molar-refractivity contribution is 5.78. The maximum Gasteiger partial charge on any atom is 0.234 e. The van der Waals surface area contributed by atoms with Crippen molar-refractivity contribution < 1.29 is 9.90 Å². The van der Waals surface area contributed by atoms with Gasteiger partial charge in [0.1, 0.15) is 0 Å². The number of hydrogen-bond donors (Lipinski definition) is 2. The Morgan fingerprint density at radius 2 is 1.88 bits per heavy atom. The van der Waals surface area contributed by atoms with E-state index in [1.54, 1.807) is 0 Å². The molecule has 24 heavy (non-hydrogen) atoms. The Bertz CT molecular complexity index is 583. The monoisotopic (exact) mass is 328 g/mol. The Labute approximate surface area is 144 Å². The maximum absolute atomic E-state index is 12.6. The van der Waals surface area contributed by atoms with Gasteiger partial charge in [-0.2, -0.15) is 0 Å². The summed E-state index contributed by atoms with van der Waals surface area (Å²) < 4.78 is 0. The molecular weight excluding hydrogens is 300 g/mol. The summed E-state index contributed by atoms with van der Waals surface area (Å²) in [4.78, 5) is 14.8. The molecule has 4 rings (SSSR count). The van der Waals surface area contributed by atoms with Crippen LogP contribution in [0.5, 0.6) is 0 Å². The van der Waals surface area contributed by atoms with E-state index >= 15 is 0 Å². The lowest BCUT2D eigenvalue weighted by Crippen LogP contribution is -2.45. The van der Waals surface area contributed by atoms with E-state index in [9.17, 15) is 9.90 Å². The first kappa shape index (κ1) is 16.1. The predicted molar refractivity (Wildman–Crippen MR) is 93.5 cm³/mol. The second-order valence-corrected chi connectivity index (χ2v) is 7.72. The number of amides is 1. The molecule has 1 aromatic carbocycles. The van der Waals surface area contributed by atoms with Gasteiger partial charge in [0.15, 0.2) is 0 Å². The minimum absolute atomic E-state index is 0.0978. The van der Waals surface area contributed by atoms with Crippen LogP contribution in [0, 0.1) is 11.8 Å². The highest BCUT2D eigenvalue weighted by atomic mass is 16.3. The summed E-state index contributed by atoms with van der Waals surface area (Å²) in [5, 5.41) is 12.8. The smallest absolute Gasteiger partial charge is 0.234 e. The second-order valence-electron chi connectivity index (χ2n) is 7.72. The molecule has 1 aromatic rings. The summed E-state index contributed by atoms with van der Waals surface area (Å²) in [5.41, 5.74) is 2.72. The zero-order valence-corrected chi connectivity index (χ0v) is 14.3. The average Bonchev–Trinajstić information content (AvgIpc) is 3.49. The molecule has 2 N–H and O–H groups in total. The van der Waals surface area contributed by atoms with Crippen LogP contribution in [0.2, 0.25) is 0 Å². The fourth-order valence-corrected chi connectivity index (χ4v) is 4.33. The van der Waals surface area contributed by atoms with Gasteiger partial charge >= 0.3 is 0 Å². The van der Waals surface area contributed by atoms with Crippen LogP contribution in [0.25, 0.3) is 0 Å². The molecule has 2 saturated carbocycles. The summed E-state index contributed by atoms with van der Waals surface area (Å²) in [6.07, 6.45) is 7.21. The topological polar surface area (TPSA) is 52.6 Å². The van der Waals surface area contributed by atoms with Crippen LogP contribution < -0.4 is 5.32 Å². The van der Waals surface area contributed by atoms with Crippen LogP contribution in [0.4, 0.5) is 0 Å². The summed E-state index contributed by atoms with van der Waals surface area (Å²) in [5.74, 6) is 1.58. The van der Waals surface area contributed by atoms with Crippen molar-refractivity contribution in [2.45, 2.75) is 50.6 Å². The van der Waals surface area contributed by atoms with Gasteiger partial charge < -0.3 is 10.4 Å². The van der Waals surface area contributed by atoms with Crippen molar-refractivity contribution in [2.75, 3.05) is 19.7 Å². The number of rotatable bonds is 8. The molecule has 4 nitrogen and oxygen atoms in total. The van der Waals surface area contributed by atoms with Crippen LogP contribution in [0.1, 0.15) is 49.3 Å². The number of aliphatic hydroxyl groups excluding tert-OH is 1. The third kappa shape index (κ3) is 3.50. The van der Waals surface area contributed by atoms with Crippen molar-refractivity contribution in [3.8, 4) is 0 Å². The average molecular weight is 328 g/mol. The van der Waals surface area contributed by atoms with E-state index in [4.69, 9.17) is 0 Å². The molecule has 3 aliphatic rings. The Kier molecular flexibility index (Phi) is 4.59. The molecule has 1 amide bonds. The quantitative estimate of drug-likeness (QED) is 0.770. The van der Waals surface area contributed by atoms with E-state index in [0.717, 1.165) is 24.7 Å². The minimum atomic E-state index is 0.0978. The lowest BCUT2D eigenvalue weighted by Gasteiger charge is -2.29. The Balaban J connectivity index is 1.41. The number of fused-ring (bicyclic) bond motifs is 1. The zero-order chi connectivity index (χ0) is 16.5. The van der Waals surface area contributed by atoms with Crippen molar-refractivity contribution >= 4 is 5.91 Å². The molecule has 0 radical (unpaired) electrons. The van der Waals surface area contributed by atoms with Crippen LogP contribution in [0.15, 0.2) is 24.3 Å². The van der Waals surface area contributed by atoms with E-state index < -0.39 is 0 Å². The number of hydrogen-bond acceptors (Lipinski definition) is 3. The van der Waals surface area contributed by atoms with Crippen molar-refractivity contribution in [3.05, 3.63) is 35.4 Å². The summed E-state index contributed by atoms with van der Waals surface area (Å²) in [6.45, 7) is 1.06. The SMILES string of the molecule is O=C(CN(CCO)C1CCc2ccccc21)NC(C1CC1)C1CC1. The highest BCUT2D eigenvalue weighted by Gasteiger charge is 2.42. The molecule has 2 fully saturated rings. The van der Waals surface area contributed by atoms with Gasteiger partial charge in [-0.3, -0.25) is 9.69 Å². The van der Waals surface area contributed by atoms with Gasteiger partial charge in [0.25, 0.3) is 0 Å². The first-order valence-electron chi connectivity index (χ1n) is 9.48. The van der Waals surface area contributed by atoms with E-state index in [1.807, 2.05) is 0 Å². The van der Waals surface area contributed by atoms with Gasteiger partial charge in [-0.05, 0) is 61.5 Å². The van der Waals surface area contributed by atoms with Gasteiger partial charge in [-0.15, -0.1) is 0 Å². The Hall–Kier alpha value is -1.39. The molecule has 0 bridgehead atoms. The van der Waals surface area contributed by atoms with Gasteiger partial charge in [-0.25, -0.2) is 0 Å². The van der Waals surface area contributed by atoms with Crippen LogP contribution in [-0.4, -0.2) is 41.7 Å². The minimum Gasteiger partial charge on any atom is -0.395 e. The molecule has 1 unspecified atom stereocenters. The van der Waals surface area contributed by atoms with E-state index in [0.29, 0.717) is 19.1 Å². The van der Waals surface area contributed by atoms with Crippen molar-refractivity contribution in [1.82, 2.24) is 10.2 Å². The van der Waals surface area contributed by atoms with Gasteiger partial charge in [0.05, 0.1) is 13.2 Å². The molecule has 4 heteroatoms. The van der Waals surface area contributed by atoms with Gasteiger partial charge in [0.2, 0.25) is 5.91 Å². The number of aliphatic hydroxyl groups is 1. The summed E-state index contributed by atoms with van der Waals surface area (Å²) in [6, 6.07) is 9.18. The summed E-state index contributed by atoms with van der Waals surface area (Å²) in [7, 11) is 0. The lowest BCUT2D eigenvalue weighted by atomic mass is 10.1. The van der Waals surface area contributed by atoms with Crippen molar-refractivity contribution in [1.29, 1.82) is 0 Å². The molecular formula is C20H28N2O2. The van der Waals surface area contributed by atoms with Gasteiger partial charge in [0, 0.05) is 18.6 Å². The third-order valence-electron chi connectivity index (χ3n) is 5.86. The zero-order valence-electron chi connectivity index (χ0n) is 14.3. The number of aryl methyl sites for hydroxylation is 1. The molecule has 0 aromatic heterocycles. The van der Waals surface area contributed by atoms with Crippen LogP contribution in [-0.2, 0) is 11.2 Å². The molecule has 0 spiro atoms. The normalized spacial score (nSPS) is 22.9. The van der Waals surface area contributed by atoms with E-state index in [2.05, 4.69) is 34.5 Å². The van der Waals surface area contributed by atoms with Crippen LogP contribution in [0.3, 0.4) is 0 Å². The number of carbonyl (C=O) groups excluding carboxylic acids is 1. The fraction of sp³-hybridized carbons (Fsp3) is 0.650. The Morgan fingerprint density at radius 1 is 1.17 bits per heavy atom. The molecule has 1 atom stereocenters. The number of nitrogens with zero attached hydrogens (tertiary/aromatic N) is 1. The van der Waals surface area contributed by atoms with Crippen molar-refractivity contribution in [2.24, 2.45) is 11.8 Å². The largest absolute Gasteiger partial charge is 0.395 e. The van der Waals surface area contributed by atoms with Gasteiger partial charge in [-0.1, -0.05) is 24.3 Å². The summed E-state index contributed by atoms with van der Waals surface area (Å²) >= 11 is 0. The van der Waals surface area contributed by atoms with E-state index in [1.165, 1.54) is 36.8 Å². The van der Waals surface area contributed by atoms with Crippen molar-refractivity contribution in [3.63, 3.8) is 0 Å². The maximum atomic E-state index is 12.6. The standard InChI is InChI=1S/C20H28N2O2/c23-12-11-22(18-10-9-14-3-1-2-4-17(14)18)13-19(24)21-20(15-5-6-15)16-7-8-16/h1-4,15-16,18,20,23H,5-13H2,(H,21,24). The lowest BCUT2D eigenvalue weighted by molar-refractivity contribution is -0.124. The number of carbonyl (C=O) groups is 1. The fourth-order valence-electron chi connectivity index (χ4n) is 4.33.